The van der Waals surface area contributed by atoms with Crippen LogP contribution in [0.5, 0.6) is 0 Å². The summed E-state index contributed by atoms with van der Waals surface area (Å²) in [6.45, 7) is 4.16. The van der Waals surface area contributed by atoms with E-state index in [-0.39, 0.29) is 30.6 Å². The SMILES string of the molecule is CCCCCC[C@@H]1C(=O)O[C@H]1C[C@@H](CCCCC)OC(=O)CNC=O. The number of esters is 2. The van der Waals surface area contributed by atoms with Crippen LogP contribution >= 0.6 is 0 Å². The van der Waals surface area contributed by atoms with Gasteiger partial charge in [0.15, 0.2) is 0 Å². The van der Waals surface area contributed by atoms with E-state index in [0.29, 0.717) is 12.8 Å². The molecule has 6 heteroatoms. The summed E-state index contributed by atoms with van der Waals surface area (Å²) < 4.78 is 10.8. The van der Waals surface area contributed by atoms with E-state index >= 15 is 0 Å². The van der Waals surface area contributed by atoms with Gasteiger partial charge in [0.25, 0.3) is 0 Å². The van der Waals surface area contributed by atoms with E-state index in [2.05, 4.69) is 19.2 Å². The molecule has 0 saturated carbocycles. The predicted octanol–water partition coefficient (Wildman–Crippen LogP) is 3.13. The summed E-state index contributed by atoms with van der Waals surface area (Å²) in [4.78, 5) is 33.8. The number of amides is 1. The standard InChI is InChI=1S/C19H33NO5/c1-3-5-7-9-11-16-17(25-19(16)23)12-15(10-8-6-4-2)24-18(22)13-20-14-21/h14-17H,3-13H2,1-2H3,(H,20,21)/t15-,16+,17+/m1/s1. The minimum Gasteiger partial charge on any atom is -0.461 e. The number of unbranched alkanes of at least 4 members (excludes halogenated alkanes) is 5. The molecular formula is C19H33NO5. The average molecular weight is 355 g/mol. The number of nitrogens with one attached hydrogen (secondary N) is 1. The highest BCUT2D eigenvalue weighted by Crippen LogP contribution is 2.32. The van der Waals surface area contributed by atoms with Gasteiger partial charge in [-0.2, -0.15) is 0 Å². The van der Waals surface area contributed by atoms with Gasteiger partial charge in [-0.3, -0.25) is 14.4 Å². The predicted molar refractivity (Wildman–Crippen MR) is 94.8 cm³/mol. The molecule has 144 valence electrons. The van der Waals surface area contributed by atoms with Gasteiger partial charge in [-0.15, -0.1) is 0 Å². The number of ether oxygens (including phenoxy) is 2. The molecule has 0 aromatic heterocycles. The lowest BCUT2D eigenvalue weighted by molar-refractivity contribution is -0.190. The van der Waals surface area contributed by atoms with Crippen LogP contribution in [0.15, 0.2) is 0 Å². The number of rotatable bonds is 15. The first-order valence-electron chi connectivity index (χ1n) is 9.69. The van der Waals surface area contributed by atoms with Crippen LogP contribution < -0.4 is 5.32 Å². The first kappa shape index (κ1) is 21.5. The van der Waals surface area contributed by atoms with Crippen LogP contribution in [0, 0.1) is 5.92 Å². The van der Waals surface area contributed by atoms with Gasteiger partial charge in [0.1, 0.15) is 18.8 Å². The minimum atomic E-state index is -0.446. The lowest BCUT2D eigenvalue weighted by Gasteiger charge is -2.37. The molecule has 1 rings (SSSR count). The van der Waals surface area contributed by atoms with Crippen LogP contribution in [0.25, 0.3) is 0 Å². The van der Waals surface area contributed by atoms with E-state index in [1.807, 2.05) is 0 Å². The Balaban J connectivity index is 2.46. The quantitative estimate of drug-likeness (QED) is 0.277. The van der Waals surface area contributed by atoms with Crippen molar-refractivity contribution in [1.29, 1.82) is 0 Å². The third-order valence-corrected chi connectivity index (χ3v) is 4.64. The Morgan fingerprint density at radius 3 is 2.56 bits per heavy atom. The summed E-state index contributed by atoms with van der Waals surface area (Å²) in [5.41, 5.74) is 0. The molecule has 0 bridgehead atoms. The normalized spacial score (nSPS) is 20.3. The lowest BCUT2D eigenvalue weighted by Crippen LogP contribution is -2.47. The fraction of sp³-hybridized carbons (Fsp3) is 0.842. The zero-order chi connectivity index (χ0) is 18.5. The summed E-state index contributed by atoms with van der Waals surface area (Å²) in [7, 11) is 0. The van der Waals surface area contributed by atoms with Gasteiger partial charge in [0.05, 0.1) is 5.92 Å². The molecule has 0 aromatic carbocycles. The van der Waals surface area contributed by atoms with Crippen molar-refractivity contribution in [2.45, 2.75) is 90.3 Å². The molecule has 1 N–H and O–H groups in total. The van der Waals surface area contributed by atoms with Crippen molar-refractivity contribution < 1.29 is 23.9 Å². The zero-order valence-electron chi connectivity index (χ0n) is 15.6. The second-order valence-electron chi connectivity index (χ2n) is 6.77. The van der Waals surface area contributed by atoms with Crippen molar-refractivity contribution in [1.82, 2.24) is 5.32 Å². The zero-order valence-corrected chi connectivity index (χ0v) is 15.6. The lowest BCUT2D eigenvalue weighted by atomic mass is 9.86. The summed E-state index contributed by atoms with van der Waals surface area (Å²) >= 11 is 0. The van der Waals surface area contributed by atoms with Gasteiger partial charge in [0.2, 0.25) is 6.41 Å². The summed E-state index contributed by atoms with van der Waals surface area (Å²) in [5.74, 6) is -0.626. The molecule has 1 aliphatic rings. The Bertz CT molecular complexity index is 413. The fourth-order valence-electron chi connectivity index (χ4n) is 3.16. The van der Waals surface area contributed by atoms with Crippen molar-refractivity contribution in [2.24, 2.45) is 5.92 Å². The molecule has 3 atom stereocenters. The number of carbonyl (C=O) groups is 3. The van der Waals surface area contributed by atoms with E-state index in [9.17, 15) is 14.4 Å². The van der Waals surface area contributed by atoms with Crippen molar-refractivity contribution in [3.05, 3.63) is 0 Å². The molecule has 0 aliphatic carbocycles. The second kappa shape index (κ2) is 12.7. The van der Waals surface area contributed by atoms with Gasteiger partial charge < -0.3 is 14.8 Å². The average Bonchev–Trinajstić information content (AvgIpc) is 2.59. The Kier molecular flexibility index (Phi) is 10.9. The minimum absolute atomic E-state index is 0.0580. The molecule has 0 unspecified atom stereocenters. The van der Waals surface area contributed by atoms with Gasteiger partial charge in [-0.05, 0) is 19.3 Å². The van der Waals surface area contributed by atoms with Crippen LogP contribution in [0.2, 0.25) is 0 Å². The van der Waals surface area contributed by atoms with E-state index < -0.39 is 5.97 Å². The van der Waals surface area contributed by atoms with Crippen LogP contribution in [0.1, 0.15) is 78.1 Å². The first-order valence-corrected chi connectivity index (χ1v) is 9.69. The molecule has 1 heterocycles. The van der Waals surface area contributed by atoms with Crippen LogP contribution in [-0.4, -0.2) is 37.1 Å². The summed E-state index contributed by atoms with van der Waals surface area (Å²) in [6, 6.07) is 0. The van der Waals surface area contributed by atoms with Gasteiger partial charge in [-0.25, -0.2) is 0 Å². The molecule has 1 amide bonds. The van der Waals surface area contributed by atoms with Crippen molar-refractivity contribution in [3.8, 4) is 0 Å². The first-order chi connectivity index (χ1) is 12.1. The molecule has 1 saturated heterocycles. The van der Waals surface area contributed by atoms with Crippen LogP contribution in [-0.2, 0) is 23.9 Å². The molecular weight excluding hydrogens is 322 g/mol. The Labute approximate surface area is 151 Å². The third-order valence-electron chi connectivity index (χ3n) is 4.64. The number of carbonyl (C=O) groups excluding carboxylic acids is 3. The van der Waals surface area contributed by atoms with Crippen LogP contribution in [0.3, 0.4) is 0 Å². The highest BCUT2D eigenvalue weighted by atomic mass is 16.6. The molecule has 25 heavy (non-hydrogen) atoms. The van der Waals surface area contributed by atoms with Crippen LogP contribution in [0.4, 0.5) is 0 Å². The maximum Gasteiger partial charge on any atom is 0.325 e. The Morgan fingerprint density at radius 1 is 1.20 bits per heavy atom. The summed E-state index contributed by atoms with van der Waals surface area (Å²) in [6.07, 6.45) is 9.91. The number of cyclic esters (lactones) is 1. The van der Waals surface area contributed by atoms with E-state index in [4.69, 9.17) is 9.47 Å². The molecule has 1 aliphatic heterocycles. The van der Waals surface area contributed by atoms with Crippen molar-refractivity contribution >= 4 is 18.3 Å². The highest BCUT2D eigenvalue weighted by molar-refractivity contribution is 5.78. The fourth-order valence-corrected chi connectivity index (χ4v) is 3.16. The Hall–Kier alpha value is -1.59. The van der Waals surface area contributed by atoms with Gasteiger partial charge in [0, 0.05) is 6.42 Å². The molecule has 0 aromatic rings. The second-order valence-corrected chi connectivity index (χ2v) is 6.77. The van der Waals surface area contributed by atoms with E-state index in [0.717, 1.165) is 44.9 Å². The maximum absolute atomic E-state index is 11.8. The van der Waals surface area contributed by atoms with E-state index in [1.165, 1.54) is 12.8 Å². The molecule has 6 nitrogen and oxygen atoms in total. The third kappa shape index (κ3) is 8.36. The van der Waals surface area contributed by atoms with E-state index in [1.54, 1.807) is 0 Å². The highest BCUT2D eigenvalue weighted by Gasteiger charge is 2.43. The van der Waals surface area contributed by atoms with Gasteiger partial charge >= 0.3 is 11.9 Å². The maximum atomic E-state index is 11.8. The molecule has 1 fully saturated rings. The van der Waals surface area contributed by atoms with Crippen molar-refractivity contribution in [3.63, 3.8) is 0 Å². The molecule has 0 spiro atoms. The number of hydrogen-bond acceptors (Lipinski definition) is 5. The number of hydrogen-bond donors (Lipinski definition) is 1. The molecule has 0 radical (unpaired) electrons. The largest absolute Gasteiger partial charge is 0.461 e. The van der Waals surface area contributed by atoms with Crippen molar-refractivity contribution in [2.75, 3.05) is 6.54 Å². The smallest absolute Gasteiger partial charge is 0.325 e. The van der Waals surface area contributed by atoms with Gasteiger partial charge in [-0.1, -0.05) is 52.4 Å². The topological polar surface area (TPSA) is 81.7 Å². The monoisotopic (exact) mass is 355 g/mol. The Morgan fingerprint density at radius 2 is 1.92 bits per heavy atom. The summed E-state index contributed by atoms with van der Waals surface area (Å²) in [5, 5.41) is 2.32.